The summed E-state index contributed by atoms with van der Waals surface area (Å²) in [6, 6.07) is 18.0. The molecule has 0 aliphatic carbocycles. The Morgan fingerprint density at radius 3 is 2.63 bits per heavy atom. The molecule has 3 aromatic heterocycles. The van der Waals surface area contributed by atoms with Crippen LogP contribution >= 0.6 is 11.8 Å². The fourth-order valence-corrected chi connectivity index (χ4v) is 3.36. The molecule has 1 N–H and O–H groups in total. The van der Waals surface area contributed by atoms with E-state index in [0.717, 1.165) is 16.8 Å². The van der Waals surface area contributed by atoms with Gasteiger partial charge in [0.2, 0.25) is 0 Å². The van der Waals surface area contributed by atoms with Gasteiger partial charge < -0.3 is 5.32 Å². The Bertz CT molecular complexity index is 1120. The third-order valence-corrected chi connectivity index (χ3v) is 4.84. The quantitative estimate of drug-likeness (QED) is 0.421. The lowest BCUT2D eigenvalue weighted by atomic mass is 10.2. The Morgan fingerprint density at radius 2 is 1.93 bits per heavy atom. The standard InChI is InChI=1S/C20H16N6S/c1-27-20-16(12-21)19(23-13-14-7-9-22-10-8-14)26-18(24-20)11-17(25-26)15-5-3-2-4-6-15/h2-11,23H,13H2,1H3. The van der Waals surface area contributed by atoms with Crippen LogP contribution in [0.3, 0.4) is 0 Å². The third kappa shape index (κ3) is 3.35. The minimum atomic E-state index is 0.492. The highest BCUT2D eigenvalue weighted by Gasteiger charge is 2.17. The lowest BCUT2D eigenvalue weighted by Crippen LogP contribution is -2.09. The number of nitriles is 1. The van der Waals surface area contributed by atoms with Gasteiger partial charge in [-0.25, -0.2) is 4.98 Å². The van der Waals surface area contributed by atoms with Crippen molar-refractivity contribution in [3.05, 3.63) is 72.1 Å². The molecular weight excluding hydrogens is 356 g/mol. The number of aromatic nitrogens is 4. The second kappa shape index (κ2) is 7.48. The van der Waals surface area contributed by atoms with Gasteiger partial charge in [0.1, 0.15) is 16.7 Å². The highest BCUT2D eigenvalue weighted by molar-refractivity contribution is 7.98. The van der Waals surface area contributed by atoms with Crippen LogP contribution in [0.2, 0.25) is 0 Å². The van der Waals surface area contributed by atoms with Gasteiger partial charge in [-0.15, -0.1) is 11.8 Å². The smallest absolute Gasteiger partial charge is 0.159 e. The summed E-state index contributed by atoms with van der Waals surface area (Å²) < 4.78 is 1.71. The molecular formula is C20H16N6S. The first-order chi connectivity index (χ1) is 13.3. The number of nitrogens with one attached hydrogen (secondary N) is 1. The Hall–Kier alpha value is -3.37. The molecule has 0 radical (unpaired) electrons. The predicted molar refractivity (Wildman–Crippen MR) is 106 cm³/mol. The highest BCUT2D eigenvalue weighted by Crippen LogP contribution is 2.29. The van der Waals surface area contributed by atoms with Crippen LogP contribution in [0.5, 0.6) is 0 Å². The first-order valence-electron chi connectivity index (χ1n) is 8.36. The number of pyridine rings is 1. The van der Waals surface area contributed by atoms with Crippen LogP contribution in [0, 0.1) is 11.3 Å². The van der Waals surface area contributed by atoms with Crippen LogP contribution < -0.4 is 5.32 Å². The molecule has 4 aromatic rings. The zero-order valence-electron chi connectivity index (χ0n) is 14.6. The first-order valence-corrected chi connectivity index (χ1v) is 9.58. The minimum absolute atomic E-state index is 0.492. The van der Waals surface area contributed by atoms with Gasteiger partial charge in [0.25, 0.3) is 0 Å². The SMILES string of the molecule is CSc1nc2cc(-c3ccccc3)nn2c(NCc2ccncc2)c1C#N. The van der Waals surface area contributed by atoms with Crippen molar-refractivity contribution in [1.29, 1.82) is 5.26 Å². The van der Waals surface area contributed by atoms with Gasteiger partial charge in [0, 0.05) is 30.6 Å². The molecule has 0 saturated carbocycles. The number of fused-ring (bicyclic) bond motifs is 1. The lowest BCUT2D eigenvalue weighted by molar-refractivity contribution is 0.900. The summed E-state index contributed by atoms with van der Waals surface area (Å²) in [5.74, 6) is 0.644. The van der Waals surface area contributed by atoms with E-state index in [0.29, 0.717) is 28.6 Å². The van der Waals surface area contributed by atoms with Gasteiger partial charge in [0.05, 0.1) is 5.69 Å². The molecule has 4 rings (SSSR count). The number of thioether (sulfide) groups is 1. The van der Waals surface area contributed by atoms with Crippen molar-refractivity contribution in [1.82, 2.24) is 19.6 Å². The largest absolute Gasteiger partial charge is 0.365 e. The van der Waals surface area contributed by atoms with E-state index < -0.39 is 0 Å². The molecule has 0 bridgehead atoms. The second-order valence-electron chi connectivity index (χ2n) is 5.83. The van der Waals surface area contributed by atoms with Gasteiger partial charge in [-0.3, -0.25) is 4.98 Å². The molecule has 0 aliphatic heterocycles. The Kier molecular flexibility index (Phi) is 4.73. The van der Waals surface area contributed by atoms with E-state index in [1.165, 1.54) is 11.8 Å². The molecule has 132 valence electrons. The lowest BCUT2D eigenvalue weighted by Gasteiger charge is -2.12. The molecule has 0 fully saturated rings. The van der Waals surface area contributed by atoms with Gasteiger partial charge in [-0.2, -0.15) is 14.9 Å². The number of rotatable bonds is 5. The predicted octanol–water partition coefficient (Wildman–Crippen LogP) is 4.00. The monoisotopic (exact) mass is 372 g/mol. The maximum absolute atomic E-state index is 9.72. The van der Waals surface area contributed by atoms with Crippen LogP contribution in [0.1, 0.15) is 11.1 Å². The summed E-state index contributed by atoms with van der Waals surface area (Å²) in [5, 5.41) is 18.5. The summed E-state index contributed by atoms with van der Waals surface area (Å²) in [7, 11) is 0. The molecule has 1 aromatic carbocycles. The van der Waals surface area contributed by atoms with E-state index in [1.807, 2.05) is 54.8 Å². The number of benzene rings is 1. The van der Waals surface area contributed by atoms with E-state index in [4.69, 9.17) is 5.10 Å². The third-order valence-electron chi connectivity index (χ3n) is 4.15. The van der Waals surface area contributed by atoms with E-state index in [1.54, 1.807) is 16.9 Å². The van der Waals surface area contributed by atoms with Gasteiger partial charge >= 0.3 is 0 Å². The Labute approximate surface area is 160 Å². The normalized spacial score (nSPS) is 10.7. The molecule has 3 heterocycles. The Balaban J connectivity index is 1.83. The molecule has 27 heavy (non-hydrogen) atoms. The van der Waals surface area contributed by atoms with E-state index >= 15 is 0 Å². The van der Waals surface area contributed by atoms with Crippen LogP contribution in [0.15, 0.2) is 66.0 Å². The van der Waals surface area contributed by atoms with Crippen LogP contribution in [0.4, 0.5) is 5.82 Å². The first kappa shape index (κ1) is 17.1. The molecule has 0 saturated heterocycles. The zero-order valence-corrected chi connectivity index (χ0v) is 15.4. The summed E-state index contributed by atoms with van der Waals surface area (Å²) in [5.41, 5.74) is 4.09. The van der Waals surface area contributed by atoms with Gasteiger partial charge in [-0.1, -0.05) is 30.3 Å². The maximum atomic E-state index is 9.72. The van der Waals surface area contributed by atoms with E-state index in [9.17, 15) is 5.26 Å². The molecule has 0 atom stereocenters. The second-order valence-corrected chi connectivity index (χ2v) is 6.63. The van der Waals surface area contributed by atoms with Crippen molar-refractivity contribution in [3.8, 4) is 17.3 Å². The van der Waals surface area contributed by atoms with Crippen LogP contribution in [0.25, 0.3) is 16.9 Å². The molecule has 0 unspecified atom stereocenters. The van der Waals surface area contributed by atoms with Crippen molar-refractivity contribution < 1.29 is 0 Å². The molecule has 0 spiro atoms. The summed E-state index contributed by atoms with van der Waals surface area (Å²) in [6.07, 6.45) is 5.42. The summed E-state index contributed by atoms with van der Waals surface area (Å²) in [6.45, 7) is 0.560. The molecule has 0 aliphatic rings. The fourth-order valence-electron chi connectivity index (χ4n) is 2.83. The maximum Gasteiger partial charge on any atom is 0.159 e. The fraction of sp³-hybridized carbons (Fsp3) is 0.100. The van der Waals surface area contributed by atoms with Crippen molar-refractivity contribution in [2.24, 2.45) is 0 Å². The van der Waals surface area contributed by atoms with Crippen molar-refractivity contribution in [2.45, 2.75) is 11.6 Å². The number of anilines is 1. The topological polar surface area (TPSA) is 78.9 Å². The average Bonchev–Trinajstić information content (AvgIpc) is 3.16. The summed E-state index contributed by atoms with van der Waals surface area (Å²) in [4.78, 5) is 8.65. The molecule has 6 nitrogen and oxygen atoms in total. The van der Waals surface area contributed by atoms with Gasteiger partial charge in [-0.05, 0) is 24.0 Å². The summed E-state index contributed by atoms with van der Waals surface area (Å²) >= 11 is 1.45. The van der Waals surface area contributed by atoms with Crippen molar-refractivity contribution in [2.75, 3.05) is 11.6 Å². The number of hydrogen-bond donors (Lipinski definition) is 1. The van der Waals surface area contributed by atoms with E-state index in [2.05, 4.69) is 21.4 Å². The number of hydrogen-bond acceptors (Lipinski definition) is 6. The highest BCUT2D eigenvalue weighted by atomic mass is 32.2. The zero-order chi connectivity index (χ0) is 18.6. The molecule has 0 amide bonds. The molecule has 7 heteroatoms. The van der Waals surface area contributed by atoms with Crippen LogP contribution in [-0.2, 0) is 6.54 Å². The number of nitrogens with zero attached hydrogens (tertiary/aromatic N) is 5. The van der Waals surface area contributed by atoms with Crippen molar-refractivity contribution >= 4 is 23.2 Å². The Morgan fingerprint density at radius 1 is 1.15 bits per heavy atom. The van der Waals surface area contributed by atoms with Gasteiger partial charge in [0.15, 0.2) is 11.5 Å². The van der Waals surface area contributed by atoms with Crippen molar-refractivity contribution in [3.63, 3.8) is 0 Å². The van der Waals surface area contributed by atoms with Crippen LogP contribution in [-0.4, -0.2) is 25.8 Å². The minimum Gasteiger partial charge on any atom is -0.365 e. The average molecular weight is 372 g/mol. The van der Waals surface area contributed by atoms with E-state index in [-0.39, 0.29) is 0 Å².